The minimum absolute atomic E-state index is 0.0480. The van der Waals surface area contributed by atoms with Crippen molar-refractivity contribution >= 4 is 12.0 Å². The van der Waals surface area contributed by atoms with Crippen LogP contribution in [0.25, 0.3) is 0 Å². The number of aliphatic carboxylic acids is 1. The Morgan fingerprint density at radius 2 is 1.67 bits per heavy atom. The van der Waals surface area contributed by atoms with Crippen molar-refractivity contribution in [1.82, 2.24) is 10.6 Å². The maximum Gasteiger partial charge on any atom is 0.326 e. The summed E-state index contributed by atoms with van der Waals surface area (Å²) >= 11 is 0. The molecule has 0 radical (unpaired) electrons. The number of phenols is 1. The number of carboxylic acid groups (broad SMARTS) is 1. The van der Waals surface area contributed by atoms with Crippen LogP contribution in [0, 0.1) is 5.92 Å². The number of amides is 2. The van der Waals surface area contributed by atoms with Gasteiger partial charge in [-0.25, -0.2) is 9.59 Å². The molecule has 1 aromatic rings. The Morgan fingerprint density at radius 3 is 2.14 bits per heavy atom. The lowest BCUT2D eigenvalue weighted by molar-refractivity contribution is -0.139. The van der Waals surface area contributed by atoms with E-state index >= 15 is 0 Å². The zero-order valence-electron chi connectivity index (χ0n) is 12.5. The van der Waals surface area contributed by atoms with E-state index in [4.69, 9.17) is 0 Å². The van der Waals surface area contributed by atoms with Crippen LogP contribution in [-0.4, -0.2) is 34.3 Å². The molecule has 0 aliphatic heterocycles. The molecule has 1 aromatic carbocycles. The van der Waals surface area contributed by atoms with E-state index in [2.05, 4.69) is 10.6 Å². The van der Waals surface area contributed by atoms with Gasteiger partial charge in [-0.15, -0.1) is 0 Å². The molecule has 0 aliphatic carbocycles. The van der Waals surface area contributed by atoms with Crippen molar-refractivity contribution in [3.8, 4) is 5.75 Å². The molecule has 4 N–H and O–H groups in total. The second-order valence-electron chi connectivity index (χ2n) is 5.41. The highest BCUT2D eigenvalue weighted by Gasteiger charge is 2.21. The zero-order valence-corrected chi connectivity index (χ0v) is 12.5. The van der Waals surface area contributed by atoms with E-state index in [9.17, 15) is 19.8 Å². The third-order valence-corrected chi connectivity index (χ3v) is 3.34. The molecule has 0 fully saturated rings. The molecule has 1 unspecified atom stereocenters. The molecule has 2 atom stereocenters. The summed E-state index contributed by atoms with van der Waals surface area (Å²) in [6.45, 7) is 5.80. The molecule has 116 valence electrons. The number of carboxylic acids is 1. The fourth-order valence-electron chi connectivity index (χ4n) is 1.64. The molecule has 21 heavy (non-hydrogen) atoms. The van der Waals surface area contributed by atoms with Crippen LogP contribution < -0.4 is 10.6 Å². The number of aromatic hydroxyl groups is 1. The van der Waals surface area contributed by atoms with Crippen LogP contribution in [0.3, 0.4) is 0 Å². The van der Waals surface area contributed by atoms with Gasteiger partial charge in [-0.2, -0.15) is 0 Å². The smallest absolute Gasteiger partial charge is 0.326 e. The largest absolute Gasteiger partial charge is 0.508 e. The molecule has 1 rings (SSSR count). The number of nitrogens with one attached hydrogen (secondary N) is 2. The molecular formula is C15H22N2O4. The highest BCUT2D eigenvalue weighted by molar-refractivity contribution is 5.82. The van der Waals surface area contributed by atoms with Gasteiger partial charge in [-0.1, -0.05) is 26.0 Å². The Kier molecular flexibility index (Phi) is 6.02. The third-order valence-electron chi connectivity index (χ3n) is 3.34. The number of benzene rings is 1. The highest BCUT2D eigenvalue weighted by Crippen LogP contribution is 2.11. The van der Waals surface area contributed by atoms with Crippen LogP contribution in [0.15, 0.2) is 24.3 Å². The molecule has 6 nitrogen and oxygen atoms in total. The number of carbonyl (C=O) groups is 2. The van der Waals surface area contributed by atoms with Crippen LogP contribution in [0.5, 0.6) is 5.75 Å². The van der Waals surface area contributed by atoms with E-state index in [1.165, 1.54) is 12.1 Å². The Labute approximate surface area is 124 Å². The molecule has 0 aromatic heterocycles. The van der Waals surface area contributed by atoms with Crippen molar-refractivity contribution in [3.63, 3.8) is 0 Å². The van der Waals surface area contributed by atoms with Gasteiger partial charge in [-0.05, 0) is 30.5 Å². The van der Waals surface area contributed by atoms with E-state index in [0.29, 0.717) is 0 Å². The number of urea groups is 1. The monoisotopic (exact) mass is 294 g/mol. The Hall–Kier alpha value is -2.24. The van der Waals surface area contributed by atoms with Crippen LogP contribution in [0.1, 0.15) is 26.3 Å². The Balaban J connectivity index is 2.63. The topological polar surface area (TPSA) is 98.7 Å². The van der Waals surface area contributed by atoms with Crippen LogP contribution in [0.4, 0.5) is 4.79 Å². The van der Waals surface area contributed by atoms with Crippen LogP contribution in [0.2, 0.25) is 0 Å². The van der Waals surface area contributed by atoms with Gasteiger partial charge >= 0.3 is 12.0 Å². The van der Waals surface area contributed by atoms with Crippen molar-refractivity contribution in [3.05, 3.63) is 29.8 Å². The Morgan fingerprint density at radius 1 is 1.10 bits per heavy atom. The van der Waals surface area contributed by atoms with Crippen LogP contribution in [-0.2, 0) is 11.2 Å². The first-order valence-electron chi connectivity index (χ1n) is 6.87. The first-order valence-corrected chi connectivity index (χ1v) is 6.87. The van der Waals surface area contributed by atoms with E-state index in [-0.39, 0.29) is 24.1 Å². The van der Waals surface area contributed by atoms with E-state index in [1.54, 1.807) is 12.1 Å². The molecule has 0 aliphatic rings. The quantitative estimate of drug-likeness (QED) is 0.642. The summed E-state index contributed by atoms with van der Waals surface area (Å²) in [4.78, 5) is 23.0. The molecule has 0 saturated carbocycles. The molecule has 0 saturated heterocycles. The number of hydrogen-bond donors (Lipinski definition) is 4. The summed E-state index contributed by atoms with van der Waals surface area (Å²) in [5, 5.41) is 23.5. The van der Waals surface area contributed by atoms with E-state index in [1.807, 2.05) is 20.8 Å². The molecule has 0 bridgehead atoms. The maximum atomic E-state index is 11.8. The highest BCUT2D eigenvalue weighted by atomic mass is 16.4. The van der Waals surface area contributed by atoms with Crippen molar-refractivity contribution in [2.45, 2.75) is 39.3 Å². The van der Waals surface area contributed by atoms with Gasteiger partial charge in [0.2, 0.25) is 0 Å². The molecule has 0 spiro atoms. The van der Waals surface area contributed by atoms with Gasteiger partial charge in [-0.3, -0.25) is 0 Å². The number of rotatable bonds is 6. The predicted octanol–water partition coefficient (Wildman–Crippen LogP) is 1.73. The van der Waals surface area contributed by atoms with Gasteiger partial charge in [0, 0.05) is 12.5 Å². The summed E-state index contributed by atoms with van der Waals surface area (Å²) in [5.74, 6) is -0.728. The standard InChI is InChI=1S/C15H22N2O4/c1-9(2)10(3)16-15(21)17-13(14(19)20)8-11-4-6-12(18)7-5-11/h4-7,9-10,13,18H,8H2,1-3H3,(H,19,20)(H2,16,17,21)/t10?,13-/m0/s1. The normalized spacial score (nSPS) is 13.5. The number of carbonyl (C=O) groups excluding carboxylic acids is 1. The summed E-state index contributed by atoms with van der Waals surface area (Å²) in [5.41, 5.74) is 0.720. The lowest BCUT2D eigenvalue weighted by Gasteiger charge is -2.20. The summed E-state index contributed by atoms with van der Waals surface area (Å²) in [7, 11) is 0. The minimum Gasteiger partial charge on any atom is -0.508 e. The number of phenolic OH excluding ortho intramolecular Hbond substituents is 1. The second-order valence-corrected chi connectivity index (χ2v) is 5.41. The average molecular weight is 294 g/mol. The molecule has 0 heterocycles. The SMILES string of the molecule is CC(C)C(C)NC(=O)N[C@@H](Cc1ccc(O)cc1)C(=O)O. The third kappa shape index (κ3) is 5.72. The molecule has 6 heteroatoms. The predicted molar refractivity (Wildman–Crippen MR) is 79.2 cm³/mol. The van der Waals surface area contributed by atoms with Gasteiger partial charge in [0.25, 0.3) is 0 Å². The fourth-order valence-corrected chi connectivity index (χ4v) is 1.64. The number of hydrogen-bond acceptors (Lipinski definition) is 3. The van der Waals surface area contributed by atoms with Gasteiger partial charge in [0.15, 0.2) is 0 Å². The first-order chi connectivity index (χ1) is 9.79. The maximum absolute atomic E-state index is 11.8. The lowest BCUT2D eigenvalue weighted by Crippen LogP contribution is -2.50. The summed E-state index contributed by atoms with van der Waals surface area (Å²) in [6, 6.07) is 4.65. The van der Waals surface area contributed by atoms with E-state index < -0.39 is 18.0 Å². The zero-order chi connectivity index (χ0) is 16.0. The second kappa shape index (κ2) is 7.52. The lowest BCUT2D eigenvalue weighted by atomic mass is 10.1. The molecule has 2 amide bonds. The van der Waals surface area contributed by atoms with Crippen molar-refractivity contribution < 1.29 is 19.8 Å². The van der Waals surface area contributed by atoms with Gasteiger partial charge in [0.05, 0.1) is 0 Å². The van der Waals surface area contributed by atoms with Crippen molar-refractivity contribution in [1.29, 1.82) is 0 Å². The average Bonchev–Trinajstić information content (AvgIpc) is 2.40. The summed E-state index contributed by atoms with van der Waals surface area (Å²) in [6.07, 6.45) is 0.152. The summed E-state index contributed by atoms with van der Waals surface area (Å²) < 4.78 is 0. The van der Waals surface area contributed by atoms with Gasteiger partial charge < -0.3 is 20.8 Å². The minimum atomic E-state index is -1.10. The van der Waals surface area contributed by atoms with Crippen molar-refractivity contribution in [2.24, 2.45) is 5.92 Å². The van der Waals surface area contributed by atoms with Crippen LogP contribution >= 0.6 is 0 Å². The van der Waals surface area contributed by atoms with E-state index in [0.717, 1.165) is 5.56 Å². The first kappa shape index (κ1) is 16.8. The van der Waals surface area contributed by atoms with Gasteiger partial charge in [0.1, 0.15) is 11.8 Å². The Bertz CT molecular complexity index is 485. The molecular weight excluding hydrogens is 272 g/mol. The fraction of sp³-hybridized carbons (Fsp3) is 0.467. The van der Waals surface area contributed by atoms with Crippen molar-refractivity contribution in [2.75, 3.05) is 0 Å².